The van der Waals surface area contributed by atoms with Crippen LogP contribution in [0.4, 0.5) is 0 Å². The summed E-state index contributed by atoms with van der Waals surface area (Å²) >= 11 is 1.33. The second-order valence-corrected chi connectivity index (χ2v) is 0. The maximum atomic E-state index is 4.13. The van der Waals surface area contributed by atoms with Crippen molar-refractivity contribution in [1.82, 2.24) is 0 Å². The van der Waals surface area contributed by atoms with E-state index in [9.17, 15) is 0 Å². The smallest absolute Gasteiger partial charge is 0 e. The Morgan fingerprint density at radius 1 is 1.20 bits per heavy atom. The molecule has 0 rings (SSSR count). The van der Waals surface area contributed by atoms with Gasteiger partial charge in [-0.3, -0.25) is 0 Å². The SMILES string of the molecule is [Cu].[Pb].[S]=[Sb].[Zn]. The zero-order valence-corrected chi connectivity index (χ0v) is 13.5. The van der Waals surface area contributed by atoms with Gasteiger partial charge in [0.25, 0.3) is 0 Å². The summed E-state index contributed by atoms with van der Waals surface area (Å²) in [6.07, 6.45) is 0. The van der Waals surface area contributed by atoms with Gasteiger partial charge in [-0.25, -0.2) is 0 Å². The first kappa shape index (κ1) is 24.3. The average molecular weight is 490 g/mol. The van der Waals surface area contributed by atoms with Crippen LogP contribution in [0.5, 0.6) is 0 Å². The molecule has 0 N–H and O–H groups in total. The fraction of sp³-hybridized carbons (Fsp3) is 0. The van der Waals surface area contributed by atoms with Gasteiger partial charge in [0.05, 0.1) is 0 Å². The van der Waals surface area contributed by atoms with Crippen LogP contribution in [-0.2, 0) is 36.5 Å². The molecular formula is CuPbSSbZn. The van der Waals surface area contributed by atoms with Crippen molar-refractivity contribution in [2.24, 2.45) is 0 Å². The molecular weight excluding hydrogens is 490 g/mol. The van der Waals surface area contributed by atoms with E-state index in [-0.39, 0.29) is 63.8 Å². The van der Waals surface area contributed by atoms with Crippen LogP contribution in [0.3, 0.4) is 0 Å². The first-order valence-corrected chi connectivity index (χ1v) is 3.67. The van der Waals surface area contributed by atoms with Crippen LogP contribution >= 0.6 is 9.19 Å². The minimum atomic E-state index is 0. The summed E-state index contributed by atoms with van der Waals surface area (Å²) in [5.41, 5.74) is 0. The second-order valence-electron chi connectivity index (χ2n) is 0. The van der Waals surface area contributed by atoms with E-state index < -0.39 is 0 Å². The van der Waals surface area contributed by atoms with Crippen molar-refractivity contribution in [2.75, 3.05) is 0 Å². The van der Waals surface area contributed by atoms with E-state index in [1.807, 2.05) is 0 Å². The molecule has 0 aliphatic rings. The summed E-state index contributed by atoms with van der Waals surface area (Å²) in [6, 6.07) is 0. The first-order valence-electron chi connectivity index (χ1n) is 0.183. The van der Waals surface area contributed by atoms with Crippen molar-refractivity contribution in [3.05, 3.63) is 0 Å². The van der Waals surface area contributed by atoms with E-state index in [1.54, 1.807) is 0 Å². The van der Waals surface area contributed by atoms with Crippen LogP contribution in [0, 0.1) is 0 Å². The van der Waals surface area contributed by atoms with E-state index in [0.29, 0.717) is 0 Å². The molecule has 0 spiro atoms. The van der Waals surface area contributed by atoms with Crippen LogP contribution in [0.2, 0.25) is 0 Å². The van der Waals surface area contributed by atoms with Gasteiger partial charge in [0.1, 0.15) is 0 Å². The second kappa shape index (κ2) is 27.5. The molecule has 0 heterocycles. The zero-order chi connectivity index (χ0) is 2.00. The van der Waals surface area contributed by atoms with Crippen molar-refractivity contribution >= 4 is 57.5 Å². The molecule has 0 fully saturated rings. The van der Waals surface area contributed by atoms with Crippen LogP contribution in [-0.4, -0.2) is 48.4 Å². The number of hydrogen-bond acceptors (Lipinski definition) is 1. The Labute approximate surface area is 92.2 Å². The summed E-state index contributed by atoms with van der Waals surface area (Å²) in [4.78, 5) is 0. The number of rotatable bonds is 0. The zero-order valence-electron chi connectivity index (χ0n) is 2.36. The predicted octanol–water partition coefficient (Wildman–Crippen LogP) is -0.118. The molecule has 0 unspecified atom stereocenters. The number of hydrogen-bond donors (Lipinski definition) is 0. The molecule has 5 heavy (non-hydrogen) atoms. The molecule has 0 nitrogen and oxygen atoms in total. The van der Waals surface area contributed by atoms with Gasteiger partial charge in [0, 0.05) is 63.8 Å². The van der Waals surface area contributed by atoms with Crippen molar-refractivity contribution < 1.29 is 36.5 Å². The summed E-state index contributed by atoms with van der Waals surface area (Å²) < 4.78 is 0. The van der Waals surface area contributed by atoms with Crippen LogP contribution < -0.4 is 0 Å². The van der Waals surface area contributed by atoms with Crippen LogP contribution in [0.1, 0.15) is 0 Å². The molecule has 6 radical (unpaired) electrons. The van der Waals surface area contributed by atoms with E-state index >= 15 is 0 Å². The maximum absolute atomic E-state index is 4.13. The topological polar surface area (TPSA) is 0 Å². The molecule has 28 valence electrons. The van der Waals surface area contributed by atoms with Gasteiger partial charge in [-0.05, 0) is 0 Å². The van der Waals surface area contributed by atoms with Gasteiger partial charge in [-0.2, -0.15) is 0 Å². The van der Waals surface area contributed by atoms with Gasteiger partial charge in [-0.1, -0.05) is 0 Å². The molecule has 0 saturated carbocycles. The van der Waals surface area contributed by atoms with Gasteiger partial charge >= 0.3 is 30.2 Å². The van der Waals surface area contributed by atoms with Gasteiger partial charge in [-0.15, -0.1) is 0 Å². The molecule has 5 heteroatoms. The molecule has 0 aromatic rings. The summed E-state index contributed by atoms with van der Waals surface area (Å²) in [5.74, 6) is 0. The largest absolute Gasteiger partial charge is 0 e. The summed E-state index contributed by atoms with van der Waals surface area (Å²) in [7, 11) is 4.13. The summed E-state index contributed by atoms with van der Waals surface area (Å²) in [6.45, 7) is 0. The minimum absolute atomic E-state index is 0. The molecule has 0 aromatic carbocycles. The van der Waals surface area contributed by atoms with Gasteiger partial charge in [0.2, 0.25) is 0 Å². The normalized spacial score (nSPS) is 0.800. The molecule has 0 aliphatic carbocycles. The quantitative estimate of drug-likeness (QED) is 0.428. The fourth-order valence-corrected chi connectivity index (χ4v) is 0. The third-order valence-corrected chi connectivity index (χ3v) is 0. The molecule has 0 atom stereocenters. The van der Waals surface area contributed by atoms with E-state index in [1.165, 1.54) is 21.1 Å². The molecule has 0 amide bonds. The first-order chi connectivity index (χ1) is 1.00. The molecule has 0 aliphatic heterocycles. The Bertz CT molecular complexity index is 11.6. The average Bonchev–Trinajstić information content (AvgIpc) is 1.00. The monoisotopic (exact) mass is 488 g/mol. The van der Waals surface area contributed by atoms with E-state index in [2.05, 4.69) is 9.19 Å². The summed E-state index contributed by atoms with van der Waals surface area (Å²) in [5, 5.41) is 0. The van der Waals surface area contributed by atoms with Crippen molar-refractivity contribution in [2.45, 2.75) is 0 Å². The molecule has 0 bridgehead atoms. The van der Waals surface area contributed by atoms with Crippen molar-refractivity contribution in [3.63, 3.8) is 0 Å². The predicted molar refractivity (Wildman–Crippen MR) is 19.1 cm³/mol. The van der Waals surface area contributed by atoms with E-state index in [0.717, 1.165) is 0 Å². The third kappa shape index (κ3) is 19.2. The van der Waals surface area contributed by atoms with Gasteiger partial charge < -0.3 is 0 Å². The minimum Gasteiger partial charge on any atom is 0 e. The Morgan fingerprint density at radius 2 is 1.20 bits per heavy atom. The van der Waals surface area contributed by atoms with Crippen molar-refractivity contribution in [3.8, 4) is 0 Å². The van der Waals surface area contributed by atoms with Crippen LogP contribution in [0.15, 0.2) is 0 Å². The van der Waals surface area contributed by atoms with Crippen LogP contribution in [0.25, 0.3) is 0 Å². The Kier molecular flexibility index (Phi) is 133. The Morgan fingerprint density at radius 3 is 1.20 bits per heavy atom. The standard InChI is InChI=1S/Cu.Pb.S.Sb.Zn. The fourth-order valence-electron chi connectivity index (χ4n) is 0. The molecule has 0 saturated heterocycles. The third-order valence-electron chi connectivity index (χ3n) is 0. The maximum Gasteiger partial charge on any atom is 0 e. The van der Waals surface area contributed by atoms with Gasteiger partial charge in [0.15, 0.2) is 0 Å². The van der Waals surface area contributed by atoms with E-state index in [4.69, 9.17) is 0 Å². The molecule has 0 aromatic heterocycles. The Hall–Kier alpha value is 3.10. The Balaban J connectivity index is -0.00000000167. The van der Waals surface area contributed by atoms with Crippen molar-refractivity contribution in [1.29, 1.82) is 0 Å².